The lowest BCUT2D eigenvalue weighted by Crippen LogP contribution is -3.00. The Labute approximate surface area is 242 Å². The highest BCUT2D eigenvalue weighted by molar-refractivity contribution is 4.69. The van der Waals surface area contributed by atoms with Crippen LogP contribution in [0.15, 0.2) is 0 Å². The Morgan fingerprint density at radius 2 is 1.08 bits per heavy atom. The van der Waals surface area contributed by atoms with Gasteiger partial charge < -0.3 is 40.6 Å². The Morgan fingerprint density at radius 3 is 1.55 bits per heavy atom. The van der Waals surface area contributed by atoms with Gasteiger partial charge in [-0.25, -0.2) is 0 Å². The summed E-state index contributed by atoms with van der Waals surface area (Å²) in [7, 11) is 6.52. The Morgan fingerprint density at radius 1 is 0.632 bits per heavy atom. The van der Waals surface area contributed by atoms with E-state index >= 15 is 0 Å². The molecule has 7 heteroatoms. The van der Waals surface area contributed by atoms with Crippen molar-refractivity contribution in [3.63, 3.8) is 0 Å². The first-order chi connectivity index (χ1) is 18.0. The van der Waals surface area contributed by atoms with E-state index in [-0.39, 0.29) is 24.6 Å². The Bertz CT molecular complexity index is 474. The lowest BCUT2D eigenvalue weighted by atomic mass is 10.0. The molecule has 230 valence electrons. The predicted octanol–water partition coefficient (Wildman–Crippen LogP) is 3.79. The van der Waals surface area contributed by atoms with Crippen molar-refractivity contribution in [3.8, 4) is 0 Å². The third-order valence-corrected chi connectivity index (χ3v) is 6.95. The first-order valence-electron chi connectivity index (χ1n) is 15.8. The molecule has 0 spiro atoms. The number of nitrogens with zero attached hydrogens (tertiary/aromatic N) is 1. The second-order valence-electron chi connectivity index (χ2n) is 12.0. The van der Waals surface area contributed by atoms with Gasteiger partial charge in [-0.1, -0.05) is 103 Å². The molecule has 1 fully saturated rings. The van der Waals surface area contributed by atoms with Crippen LogP contribution in [0.4, 0.5) is 0 Å². The van der Waals surface area contributed by atoms with Gasteiger partial charge in [-0.3, -0.25) is 0 Å². The summed E-state index contributed by atoms with van der Waals surface area (Å²) in [4.78, 5) is 0. The number of hydrogen-bond acceptors (Lipinski definition) is 5. The summed E-state index contributed by atoms with van der Waals surface area (Å²) >= 11 is 0. The summed E-state index contributed by atoms with van der Waals surface area (Å²) in [5, 5.41) is 0. The van der Waals surface area contributed by atoms with E-state index in [0.29, 0.717) is 33.0 Å². The molecule has 2 unspecified atom stereocenters. The highest BCUT2D eigenvalue weighted by atomic mass is 35.5. The maximum atomic E-state index is 5.95. The number of likely N-dealkylation sites (N-methyl/N-ethyl adjacent to an activating group) is 1. The summed E-state index contributed by atoms with van der Waals surface area (Å²) in [6.07, 6.45) is 22.5. The second kappa shape index (κ2) is 27.2. The predicted molar refractivity (Wildman–Crippen MR) is 154 cm³/mol. The molecule has 1 rings (SSSR count). The number of rotatable bonds is 30. The standard InChI is InChI=1S/C31H64NO5.ClH/c1-5-6-7-8-9-10-11-12-13-14-15-16-17-18-19-20-22-34-26-30(36-28-31-29-37-31)27-35-25-24-33-23-21-32(2,3)4;/h30-31H,5-29H2,1-4H3;1H/q+1;/p-1. The minimum atomic E-state index is -0.0310. The first-order valence-corrected chi connectivity index (χ1v) is 15.8. The molecular weight excluding hydrogens is 502 g/mol. The number of ether oxygens (including phenoxy) is 5. The molecule has 0 aromatic heterocycles. The molecule has 6 nitrogen and oxygen atoms in total. The minimum absolute atomic E-state index is 0. The highest BCUT2D eigenvalue weighted by Gasteiger charge is 2.24. The molecule has 1 heterocycles. The van der Waals surface area contributed by atoms with Crippen molar-refractivity contribution in [1.82, 2.24) is 0 Å². The third-order valence-electron chi connectivity index (χ3n) is 6.95. The van der Waals surface area contributed by atoms with Gasteiger partial charge in [-0.2, -0.15) is 0 Å². The molecule has 2 atom stereocenters. The van der Waals surface area contributed by atoms with E-state index in [1.807, 2.05) is 0 Å². The van der Waals surface area contributed by atoms with E-state index in [0.717, 1.165) is 37.3 Å². The van der Waals surface area contributed by atoms with Gasteiger partial charge in [0.25, 0.3) is 0 Å². The van der Waals surface area contributed by atoms with Gasteiger partial charge in [0.05, 0.1) is 67.4 Å². The van der Waals surface area contributed by atoms with E-state index in [2.05, 4.69) is 28.1 Å². The maximum Gasteiger partial charge on any atom is 0.104 e. The van der Waals surface area contributed by atoms with Crippen LogP contribution in [-0.4, -0.2) is 97.2 Å². The molecule has 0 bridgehead atoms. The van der Waals surface area contributed by atoms with E-state index < -0.39 is 0 Å². The van der Waals surface area contributed by atoms with Crippen molar-refractivity contribution in [3.05, 3.63) is 0 Å². The molecule has 0 radical (unpaired) electrons. The lowest BCUT2D eigenvalue weighted by Gasteiger charge is -2.23. The zero-order valence-corrected chi connectivity index (χ0v) is 26.5. The number of epoxide rings is 1. The zero-order chi connectivity index (χ0) is 26.9. The van der Waals surface area contributed by atoms with Gasteiger partial charge in [0, 0.05) is 6.61 Å². The van der Waals surface area contributed by atoms with Crippen molar-refractivity contribution < 1.29 is 40.6 Å². The summed E-state index contributed by atoms with van der Waals surface area (Å²) < 4.78 is 29.5. The van der Waals surface area contributed by atoms with Crippen molar-refractivity contribution in [2.75, 3.05) is 80.5 Å². The molecule has 1 aliphatic rings. The van der Waals surface area contributed by atoms with Crippen molar-refractivity contribution in [1.29, 1.82) is 0 Å². The van der Waals surface area contributed by atoms with Crippen LogP contribution in [0.25, 0.3) is 0 Å². The van der Waals surface area contributed by atoms with Gasteiger partial charge in [-0.15, -0.1) is 0 Å². The quantitative estimate of drug-likeness (QED) is 0.0753. The van der Waals surface area contributed by atoms with Crippen LogP contribution in [0.1, 0.15) is 110 Å². The van der Waals surface area contributed by atoms with E-state index in [1.54, 1.807) is 0 Å². The summed E-state index contributed by atoms with van der Waals surface area (Å²) in [6, 6.07) is 0. The molecule has 1 saturated heterocycles. The SMILES string of the molecule is CCCCCCCCCCCCCCCCCCOCC(COCCOCC[N+](C)(C)C)OCC1CO1.[Cl-]. The van der Waals surface area contributed by atoms with Crippen LogP contribution in [0.5, 0.6) is 0 Å². The molecule has 0 aromatic rings. The van der Waals surface area contributed by atoms with Crippen molar-refractivity contribution in [2.45, 2.75) is 122 Å². The van der Waals surface area contributed by atoms with E-state index in [9.17, 15) is 0 Å². The lowest BCUT2D eigenvalue weighted by molar-refractivity contribution is -0.870. The molecule has 0 aromatic carbocycles. The second-order valence-corrected chi connectivity index (χ2v) is 12.0. The molecule has 1 aliphatic heterocycles. The number of unbranched alkanes of at least 4 members (excludes halogenated alkanes) is 15. The van der Waals surface area contributed by atoms with Crippen LogP contribution in [0.2, 0.25) is 0 Å². The minimum Gasteiger partial charge on any atom is -1.00 e. The van der Waals surface area contributed by atoms with E-state index in [1.165, 1.54) is 96.3 Å². The Balaban J connectivity index is 0.0000137. The van der Waals surface area contributed by atoms with Gasteiger partial charge in [0.15, 0.2) is 0 Å². The van der Waals surface area contributed by atoms with Crippen LogP contribution in [-0.2, 0) is 23.7 Å². The molecule has 0 N–H and O–H groups in total. The van der Waals surface area contributed by atoms with Gasteiger partial charge in [0.1, 0.15) is 18.8 Å². The molecule has 0 aliphatic carbocycles. The zero-order valence-electron chi connectivity index (χ0n) is 25.7. The topological polar surface area (TPSA) is 49.5 Å². The van der Waals surface area contributed by atoms with Gasteiger partial charge >= 0.3 is 0 Å². The summed E-state index contributed by atoms with van der Waals surface area (Å²) in [6.45, 7) is 8.66. The van der Waals surface area contributed by atoms with Crippen LogP contribution >= 0.6 is 0 Å². The molecule has 0 amide bonds. The van der Waals surface area contributed by atoms with Gasteiger partial charge in [-0.05, 0) is 6.42 Å². The van der Waals surface area contributed by atoms with Crippen molar-refractivity contribution in [2.24, 2.45) is 0 Å². The molecular formula is C31H64ClNO5. The average molecular weight is 566 g/mol. The number of quaternary nitrogens is 1. The highest BCUT2D eigenvalue weighted by Crippen LogP contribution is 2.14. The first kappa shape index (κ1) is 38.0. The largest absolute Gasteiger partial charge is 1.00 e. The summed E-state index contributed by atoms with van der Waals surface area (Å²) in [5.41, 5.74) is 0. The van der Waals surface area contributed by atoms with Crippen LogP contribution < -0.4 is 12.4 Å². The Hall–Kier alpha value is 0.0500. The molecule has 0 saturated carbocycles. The van der Waals surface area contributed by atoms with Crippen LogP contribution in [0.3, 0.4) is 0 Å². The normalized spacial score (nSPS) is 15.9. The van der Waals surface area contributed by atoms with Gasteiger partial charge in [0.2, 0.25) is 0 Å². The van der Waals surface area contributed by atoms with Crippen molar-refractivity contribution >= 4 is 0 Å². The fourth-order valence-corrected chi connectivity index (χ4v) is 4.29. The molecule has 38 heavy (non-hydrogen) atoms. The van der Waals surface area contributed by atoms with E-state index in [4.69, 9.17) is 23.7 Å². The summed E-state index contributed by atoms with van der Waals surface area (Å²) in [5.74, 6) is 0. The fourth-order valence-electron chi connectivity index (χ4n) is 4.29. The number of halogens is 1. The third kappa shape index (κ3) is 29.0. The maximum absolute atomic E-state index is 5.95. The fraction of sp³-hybridized carbons (Fsp3) is 1.00. The number of hydrogen-bond donors (Lipinski definition) is 0. The Kier molecular flexibility index (Phi) is 27.3. The average Bonchev–Trinajstić information content (AvgIpc) is 3.69. The smallest absolute Gasteiger partial charge is 0.104 e. The van der Waals surface area contributed by atoms with Crippen LogP contribution in [0, 0.1) is 0 Å². The monoisotopic (exact) mass is 565 g/mol.